The van der Waals surface area contributed by atoms with Crippen molar-refractivity contribution in [1.29, 1.82) is 0 Å². The van der Waals surface area contributed by atoms with Crippen molar-refractivity contribution in [2.45, 2.75) is 18.3 Å². The van der Waals surface area contributed by atoms with Gasteiger partial charge in [0.15, 0.2) is 0 Å². The molecule has 5 heteroatoms. The quantitative estimate of drug-likeness (QED) is 0.443. The number of allylic oxidation sites excluding steroid dienone is 4. The van der Waals surface area contributed by atoms with Gasteiger partial charge in [-0.2, -0.15) is 0 Å². The molecule has 0 saturated carbocycles. The molecule has 1 aliphatic carbocycles. The zero-order valence-corrected chi connectivity index (χ0v) is 14.4. The van der Waals surface area contributed by atoms with Crippen LogP contribution in [0.25, 0.3) is 0 Å². The zero-order chi connectivity index (χ0) is 8.55. The Bertz CT molecular complexity index is 330. The fraction of sp³-hybridized carbons (Fsp3) is 0.300. The smallest absolute Gasteiger partial charge is 1.00 e. The Balaban J connectivity index is 0. The van der Waals surface area contributed by atoms with Crippen molar-refractivity contribution in [1.82, 2.24) is 0 Å². The molecule has 1 aliphatic heterocycles. The Morgan fingerprint density at radius 2 is 2.00 bits per heavy atom. The van der Waals surface area contributed by atoms with Gasteiger partial charge in [0, 0.05) is 18.6 Å². The van der Waals surface area contributed by atoms with Gasteiger partial charge >= 0.3 is 26.2 Å². The van der Waals surface area contributed by atoms with Crippen molar-refractivity contribution in [2.75, 3.05) is 0 Å². The predicted octanol–water partition coefficient (Wildman–Crippen LogP) is -3.37. The van der Waals surface area contributed by atoms with E-state index in [9.17, 15) is 0 Å². The minimum absolute atomic E-state index is 0. The van der Waals surface area contributed by atoms with Crippen molar-refractivity contribution < 1.29 is 51.0 Å². The molecular weight excluding hydrogens is 342 g/mol. The summed E-state index contributed by atoms with van der Waals surface area (Å²) in [5, 5.41) is 0.653. The summed E-state index contributed by atoms with van der Waals surface area (Å²) < 4.78 is 0. The molecule has 0 aromatic heterocycles. The normalized spacial score (nSPS) is 20.0. The molecule has 1 heterocycles. The molecule has 0 nitrogen and oxygen atoms in total. The van der Waals surface area contributed by atoms with Gasteiger partial charge in [0.1, 0.15) is 0 Å². The van der Waals surface area contributed by atoms with Gasteiger partial charge in [0.2, 0.25) is 0 Å². The SMILES string of the molecule is C[Si](C)=CC1C=C2C=CC=C2S1.[Cl-].[Cl-].[Zr+2]. The molecule has 1 unspecified atom stereocenters. The van der Waals surface area contributed by atoms with Crippen LogP contribution in [0.2, 0.25) is 13.1 Å². The topological polar surface area (TPSA) is 0 Å². The van der Waals surface area contributed by atoms with Crippen LogP contribution in [0.15, 0.2) is 34.8 Å². The van der Waals surface area contributed by atoms with E-state index < -0.39 is 0 Å². The molecular formula is C10H12Cl2SSiZr. The Hall–Kier alpha value is 1.12. The molecule has 0 bridgehead atoms. The molecule has 15 heavy (non-hydrogen) atoms. The third kappa shape index (κ3) is 4.87. The number of thioether (sulfide) groups is 1. The summed E-state index contributed by atoms with van der Waals surface area (Å²) >= 11 is 1.99. The molecule has 0 N–H and O–H groups in total. The van der Waals surface area contributed by atoms with Gasteiger partial charge in [-0.3, -0.25) is 0 Å². The van der Waals surface area contributed by atoms with E-state index in [1.807, 2.05) is 11.8 Å². The average Bonchev–Trinajstić information content (AvgIpc) is 2.43. The van der Waals surface area contributed by atoms with Crippen molar-refractivity contribution in [2.24, 2.45) is 0 Å². The molecule has 80 valence electrons. The maximum atomic E-state index is 2.50. The second kappa shape index (κ2) is 8.25. The molecule has 0 fully saturated rings. The van der Waals surface area contributed by atoms with Gasteiger partial charge in [-0.05, 0) is 11.6 Å². The molecule has 0 aromatic carbocycles. The molecule has 1 atom stereocenters. The second-order valence-electron chi connectivity index (χ2n) is 3.34. The largest absolute Gasteiger partial charge is 2.00 e. The van der Waals surface area contributed by atoms with Gasteiger partial charge in [-0.25, -0.2) is 0 Å². The second-order valence-corrected chi connectivity index (χ2v) is 7.05. The Kier molecular flexibility index (Phi) is 10.2. The van der Waals surface area contributed by atoms with Crippen LogP contribution in [0.1, 0.15) is 0 Å². The van der Waals surface area contributed by atoms with Crippen LogP contribution in [0.3, 0.4) is 0 Å². The zero-order valence-electron chi connectivity index (χ0n) is 8.63. The summed E-state index contributed by atoms with van der Waals surface area (Å²) in [4.78, 5) is 1.46. The van der Waals surface area contributed by atoms with Gasteiger partial charge in [-0.15, -0.1) is 11.8 Å². The predicted molar refractivity (Wildman–Crippen MR) is 60.2 cm³/mol. The molecule has 0 aromatic rings. The first kappa shape index (κ1) is 18.5. The van der Waals surface area contributed by atoms with Crippen molar-refractivity contribution in [3.63, 3.8) is 0 Å². The minimum atomic E-state index is -0.190. The molecule has 0 spiro atoms. The average molecular weight is 354 g/mol. The van der Waals surface area contributed by atoms with Crippen molar-refractivity contribution in [3.8, 4) is 0 Å². The summed E-state index contributed by atoms with van der Waals surface area (Å²) in [6.07, 6.45) is 8.92. The molecule has 2 aliphatic rings. The first-order chi connectivity index (χ1) is 5.75. The van der Waals surface area contributed by atoms with E-state index in [4.69, 9.17) is 0 Å². The van der Waals surface area contributed by atoms with Crippen LogP contribution in [0.4, 0.5) is 0 Å². The molecule has 2 rings (SSSR count). The summed E-state index contributed by atoms with van der Waals surface area (Å²) in [6.45, 7) is 4.67. The Morgan fingerprint density at radius 1 is 1.33 bits per heavy atom. The first-order valence-electron chi connectivity index (χ1n) is 4.18. The van der Waals surface area contributed by atoms with E-state index in [0.717, 1.165) is 0 Å². The first-order valence-corrected chi connectivity index (χ1v) is 7.63. The summed E-state index contributed by atoms with van der Waals surface area (Å²) in [5.41, 5.74) is 3.93. The van der Waals surface area contributed by atoms with E-state index >= 15 is 0 Å². The standard InChI is InChI=1S/C10H12SSi.2ClH.Zr/c1-12(2)7-9-6-8-4-3-5-10(8)11-9;;;/h3-7,9H,1-2H3;2*1H;/q;;;+2/p-2. The monoisotopic (exact) mass is 352 g/mol. The summed E-state index contributed by atoms with van der Waals surface area (Å²) in [7, 11) is -0.190. The fourth-order valence-electron chi connectivity index (χ4n) is 1.43. The number of hydrogen-bond donors (Lipinski definition) is 0. The van der Waals surface area contributed by atoms with Crippen LogP contribution >= 0.6 is 11.8 Å². The number of fused-ring (bicyclic) bond motifs is 1. The number of halogens is 2. The van der Waals surface area contributed by atoms with Crippen molar-refractivity contribution >= 4 is 25.8 Å². The maximum absolute atomic E-state index is 2.50. The van der Waals surface area contributed by atoms with Gasteiger partial charge in [0.25, 0.3) is 0 Å². The molecule has 0 radical (unpaired) electrons. The van der Waals surface area contributed by atoms with Gasteiger partial charge in [0.05, 0.1) is 0 Å². The van der Waals surface area contributed by atoms with Crippen LogP contribution in [0, 0.1) is 0 Å². The minimum Gasteiger partial charge on any atom is -1.00 e. The van der Waals surface area contributed by atoms with Crippen LogP contribution in [0.5, 0.6) is 0 Å². The van der Waals surface area contributed by atoms with E-state index in [1.165, 1.54) is 10.5 Å². The van der Waals surface area contributed by atoms with Crippen LogP contribution in [-0.2, 0) is 26.2 Å². The number of hydrogen-bond acceptors (Lipinski definition) is 1. The van der Waals surface area contributed by atoms with Gasteiger partial charge in [-0.1, -0.05) is 37.0 Å². The van der Waals surface area contributed by atoms with Gasteiger partial charge < -0.3 is 24.8 Å². The Labute approximate surface area is 129 Å². The molecule has 0 saturated heterocycles. The van der Waals surface area contributed by atoms with E-state index in [0.29, 0.717) is 5.25 Å². The van der Waals surface area contributed by atoms with Crippen molar-refractivity contribution in [3.05, 3.63) is 34.8 Å². The van der Waals surface area contributed by atoms with E-state index in [2.05, 4.69) is 43.1 Å². The molecule has 0 amide bonds. The third-order valence-electron chi connectivity index (χ3n) is 1.91. The third-order valence-corrected chi connectivity index (χ3v) is 4.35. The van der Waals surface area contributed by atoms with E-state index in [-0.39, 0.29) is 59.4 Å². The van der Waals surface area contributed by atoms with Crippen LogP contribution in [-0.4, -0.2) is 19.3 Å². The number of rotatable bonds is 1. The fourth-order valence-corrected chi connectivity index (χ4v) is 4.21. The Morgan fingerprint density at radius 3 is 2.53 bits per heavy atom. The summed E-state index contributed by atoms with van der Waals surface area (Å²) in [6, 6.07) is 0. The van der Waals surface area contributed by atoms with Crippen LogP contribution < -0.4 is 24.8 Å². The summed E-state index contributed by atoms with van der Waals surface area (Å²) in [5.74, 6) is 0. The maximum Gasteiger partial charge on any atom is 2.00 e. The van der Waals surface area contributed by atoms with E-state index in [1.54, 1.807) is 0 Å².